The highest BCUT2D eigenvalue weighted by atomic mass is 16.5. The first-order chi connectivity index (χ1) is 8.26. The number of benzene rings is 1. The van der Waals surface area contributed by atoms with E-state index in [0.29, 0.717) is 5.82 Å². The van der Waals surface area contributed by atoms with Crippen LogP contribution in [0.25, 0.3) is 5.69 Å². The average molecular weight is 232 g/mol. The van der Waals surface area contributed by atoms with Gasteiger partial charge in [-0.25, -0.2) is 9.99 Å². The molecule has 17 heavy (non-hydrogen) atoms. The summed E-state index contributed by atoms with van der Waals surface area (Å²) < 4.78 is 7.02. The van der Waals surface area contributed by atoms with Gasteiger partial charge in [0.15, 0.2) is 5.82 Å². The highest BCUT2D eigenvalue weighted by Gasteiger charge is 2.08. The maximum absolute atomic E-state index is 10.4. The van der Waals surface area contributed by atoms with E-state index in [1.54, 1.807) is 31.2 Å². The van der Waals surface area contributed by atoms with E-state index in [0.717, 1.165) is 16.4 Å². The number of methoxy groups -OCH3 is 1. The molecule has 0 atom stereocenters. The predicted octanol–water partition coefficient (Wildman–Crippen LogP) is 2.00. The Morgan fingerprint density at radius 1 is 1.41 bits per heavy atom. The Hall–Kier alpha value is -2.37. The van der Waals surface area contributed by atoms with Crippen molar-refractivity contribution < 1.29 is 4.74 Å². The van der Waals surface area contributed by atoms with E-state index >= 15 is 0 Å². The Bertz CT molecular complexity index is 524. The number of nitrogens with zero attached hydrogens (tertiary/aromatic N) is 4. The lowest BCUT2D eigenvalue weighted by molar-refractivity contribution is 0.413. The molecule has 0 saturated carbocycles. The van der Waals surface area contributed by atoms with Gasteiger partial charge in [-0.2, -0.15) is 0 Å². The lowest BCUT2D eigenvalue weighted by Gasteiger charge is -2.08. The number of hydrogen-bond donors (Lipinski definition) is 0. The third kappa shape index (κ3) is 2.10. The molecule has 0 radical (unpaired) electrons. The number of para-hydroxylation sites is 2. The molecule has 0 fully saturated rings. The number of rotatable bonds is 4. The standard InChI is InChI=1S/C11H12N4O2/c1-14(13-16)11-7-15(8-12-11)9-5-3-4-6-10(9)17-2/h3-8H,1-2H3. The first-order valence-electron chi connectivity index (χ1n) is 5.00. The molecule has 0 saturated heterocycles. The molecule has 2 aromatic rings. The topological polar surface area (TPSA) is 59.7 Å². The summed E-state index contributed by atoms with van der Waals surface area (Å²) >= 11 is 0. The van der Waals surface area contributed by atoms with Crippen LogP contribution in [0, 0.1) is 4.91 Å². The summed E-state index contributed by atoms with van der Waals surface area (Å²) in [7, 11) is 3.15. The van der Waals surface area contributed by atoms with Crippen LogP contribution in [0.15, 0.2) is 42.1 Å². The Kier molecular flexibility index (Phi) is 3.04. The van der Waals surface area contributed by atoms with Crippen molar-refractivity contribution in [3.8, 4) is 11.4 Å². The van der Waals surface area contributed by atoms with Gasteiger partial charge in [0.05, 0.1) is 24.3 Å². The number of ether oxygens (including phenoxy) is 1. The van der Waals surface area contributed by atoms with Gasteiger partial charge in [-0.3, -0.25) is 0 Å². The molecule has 0 amide bonds. The van der Waals surface area contributed by atoms with E-state index in [1.165, 1.54) is 0 Å². The van der Waals surface area contributed by atoms with E-state index < -0.39 is 0 Å². The van der Waals surface area contributed by atoms with E-state index in [-0.39, 0.29) is 0 Å². The third-order valence-electron chi connectivity index (χ3n) is 2.39. The largest absolute Gasteiger partial charge is 0.495 e. The second kappa shape index (κ2) is 4.65. The second-order valence-electron chi connectivity index (χ2n) is 3.42. The number of anilines is 1. The normalized spacial score (nSPS) is 10.0. The minimum Gasteiger partial charge on any atom is -0.495 e. The van der Waals surface area contributed by atoms with E-state index in [1.807, 2.05) is 24.3 Å². The molecule has 1 aromatic heterocycles. The first kappa shape index (κ1) is 11.1. The SMILES string of the molecule is COc1ccccc1-n1cnc(N(C)N=O)c1. The van der Waals surface area contributed by atoms with Crippen LogP contribution in [0.4, 0.5) is 5.82 Å². The lowest BCUT2D eigenvalue weighted by atomic mass is 10.3. The summed E-state index contributed by atoms with van der Waals surface area (Å²) in [6.45, 7) is 0. The molecule has 0 aliphatic heterocycles. The van der Waals surface area contributed by atoms with E-state index in [4.69, 9.17) is 4.74 Å². The van der Waals surface area contributed by atoms with Gasteiger partial charge in [0.1, 0.15) is 12.1 Å². The van der Waals surface area contributed by atoms with E-state index in [2.05, 4.69) is 10.3 Å². The van der Waals surface area contributed by atoms with Crippen LogP contribution in [0.1, 0.15) is 0 Å². The molecule has 6 heteroatoms. The molecule has 0 bridgehead atoms. The zero-order chi connectivity index (χ0) is 12.3. The molecule has 6 nitrogen and oxygen atoms in total. The fraction of sp³-hybridized carbons (Fsp3) is 0.182. The molecule has 1 aromatic carbocycles. The van der Waals surface area contributed by atoms with Crippen LogP contribution >= 0.6 is 0 Å². The van der Waals surface area contributed by atoms with Gasteiger partial charge in [0, 0.05) is 7.05 Å². The van der Waals surface area contributed by atoms with Gasteiger partial charge in [0.25, 0.3) is 0 Å². The van der Waals surface area contributed by atoms with Gasteiger partial charge in [-0.05, 0) is 12.1 Å². The number of nitroso groups, excluding NO2 is 1. The predicted molar refractivity (Wildman–Crippen MR) is 64.3 cm³/mol. The number of aromatic nitrogens is 2. The van der Waals surface area contributed by atoms with E-state index in [9.17, 15) is 4.91 Å². The van der Waals surface area contributed by atoms with Gasteiger partial charge < -0.3 is 9.30 Å². The molecule has 88 valence electrons. The van der Waals surface area contributed by atoms with Crippen LogP contribution in [0.5, 0.6) is 5.75 Å². The average Bonchev–Trinajstić information content (AvgIpc) is 2.87. The Labute approximate surface area is 98.4 Å². The van der Waals surface area contributed by atoms with Crippen molar-refractivity contribution in [1.82, 2.24) is 9.55 Å². The van der Waals surface area contributed by atoms with Crippen molar-refractivity contribution >= 4 is 5.82 Å². The van der Waals surface area contributed by atoms with Gasteiger partial charge in [0.2, 0.25) is 0 Å². The highest BCUT2D eigenvalue weighted by Crippen LogP contribution is 2.23. The molecular formula is C11H12N4O2. The lowest BCUT2D eigenvalue weighted by Crippen LogP contribution is -2.06. The van der Waals surface area contributed by atoms with Crippen LogP contribution in [-0.4, -0.2) is 23.7 Å². The van der Waals surface area contributed by atoms with Gasteiger partial charge >= 0.3 is 0 Å². The monoisotopic (exact) mass is 232 g/mol. The summed E-state index contributed by atoms with van der Waals surface area (Å²) in [5.74, 6) is 1.21. The van der Waals surface area contributed by atoms with Gasteiger partial charge in [-0.1, -0.05) is 12.1 Å². The van der Waals surface area contributed by atoms with Crippen molar-refractivity contribution in [2.75, 3.05) is 19.2 Å². The fourth-order valence-electron chi connectivity index (χ4n) is 1.50. The Balaban J connectivity index is 2.40. The van der Waals surface area contributed by atoms with Crippen LogP contribution in [-0.2, 0) is 0 Å². The number of hydrogen-bond acceptors (Lipinski definition) is 4. The fourth-order valence-corrected chi connectivity index (χ4v) is 1.50. The van der Waals surface area contributed by atoms with Crippen molar-refractivity contribution in [3.63, 3.8) is 0 Å². The molecule has 0 aliphatic carbocycles. The summed E-state index contributed by atoms with van der Waals surface area (Å²) in [5, 5.41) is 3.94. The van der Waals surface area contributed by atoms with Crippen molar-refractivity contribution in [2.24, 2.45) is 5.29 Å². The highest BCUT2D eigenvalue weighted by molar-refractivity contribution is 5.48. The smallest absolute Gasteiger partial charge is 0.169 e. The summed E-state index contributed by atoms with van der Waals surface area (Å²) in [6.07, 6.45) is 3.31. The summed E-state index contributed by atoms with van der Waals surface area (Å²) in [6, 6.07) is 7.55. The van der Waals surface area contributed by atoms with Crippen molar-refractivity contribution in [1.29, 1.82) is 0 Å². The maximum Gasteiger partial charge on any atom is 0.169 e. The zero-order valence-electron chi connectivity index (χ0n) is 9.57. The second-order valence-corrected chi connectivity index (χ2v) is 3.42. The minimum absolute atomic E-state index is 0.478. The van der Waals surface area contributed by atoms with Crippen molar-refractivity contribution in [3.05, 3.63) is 41.7 Å². The Morgan fingerprint density at radius 3 is 2.88 bits per heavy atom. The third-order valence-corrected chi connectivity index (χ3v) is 2.39. The summed E-state index contributed by atoms with van der Waals surface area (Å²) in [5.41, 5.74) is 0.855. The van der Waals surface area contributed by atoms with Crippen LogP contribution in [0.3, 0.4) is 0 Å². The Morgan fingerprint density at radius 2 is 2.18 bits per heavy atom. The summed E-state index contributed by atoms with van der Waals surface area (Å²) in [4.78, 5) is 14.5. The molecular weight excluding hydrogens is 220 g/mol. The molecule has 1 heterocycles. The van der Waals surface area contributed by atoms with Crippen LogP contribution < -0.4 is 9.75 Å². The van der Waals surface area contributed by atoms with Crippen LogP contribution in [0.2, 0.25) is 0 Å². The molecule has 2 rings (SSSR count). The molecule has 0 N–H and O–H groups in total. The zero-order valence-corrected chi connectivity index (χ0v) is 9.57. The first-order valence-corrected chi connectivity index (χ1v) is 5.00. The van der Waals surface area contributed by atoms with Crippen molar-refractivity contribution in [2.45, 2.75) is 0 Å². The quantitative estimate of drug-likeness (QED) is 0.597. The number of imidazole rings is 1. The molecule has 0 unspecified atom stereocenters. The molecule has 0 aliphatic rings. The minimum atomic E-state index is 0.478. The molecule has 0 spiro atoms. The van der Waals surface area contributed by atoms with Gasteiger partial charge in [-0.15, -0.1) is 4.91 Å². The maximum atomic E-state index is 10.4.